The SMILES string of the molecule is CN1C(=O)c2ccc(Cl)cc2C1=O. The predicted molar refractivity (Wildman–Crippen MR) is 47.9 cm³/mol. The fraction of sp³-hybridized carbons (Fsp3) is 0.111. The molecule has 0 atom stereocenters. The van der Waals surface area contributed by atoms with Gasteiger partial charge < -0.3 is 0 Å². The van der Waals surface area contributed by atoms with Crippen molar-refractivity contribution in [1.29, 1.82) is 0 Å². The van der Waals surface area contributed by atoms with Gasteiger partial charge in [-0.3, -0.25) is 14.5 Å². The van der Waals surface area contributed by atoms with Gasteiger partial charge in [0.15, 0.2) is 0 Å². The Balaban J connectivity index is 2.67. The van der Waals surface area contributed by atoms with E-state index in [1.807, 2.05) is 0 Å². The summed E-state index contributed by atoms with van der Waals surface area (Å²) in [6, 6.07) is 4.69. The second-order valence-corrected chi connectivity index (χ2v) is 3.30. The van der Waals surface area contributed by atoms with Crippen molar-refractivity contribution in [3.8, 4) is 0 Å². The van der Waals surface area contributed by atoms with Crippen LogP contribution in [0.4, 0.5) is 0 Å². The summed E-state index contributed by atoms with van der Waals surface area (Å²) in [4.78, 5) is 23.9. The van der Waals surface area contributed by atoms with Crippen LogP contribution in [0.5, 0.6) is 0 Å². The molecule has 0 N–H and O–H groups in total. The van der Waals surface area contributed by atoms with Crippen LogP contribution in [0.3, 0.4) is 0 Å². The highest BCUT2D eigenvalue weighted by atomic mass is 35.5. The van der Waals surface area contributed by atoms with Gasteiger partial charge in [0, 0.05) is 12.1 Å². The molecular formula is C9H6ClNO2. The maximum absolute atomic E-state index is 11.4. The summed E-state index contributed by atoms with van der Waals surface area (Å²) in [7, 11) is 1.46. The lowest BCUT2D eigenvalue weighted by atomic mass is 10.1. The number of hydrogen-bond donors (Lipinski definition) is 0. The summed E-state index contributed by atoms with van der Waals surface area (Å²) in [5.41, 5.74) is 0.817. The number of hydrogen-bond acceptors (Lipinski definition) is 2. The maximum Gasteiger partial charge on any atom is 0.261 e. The largest absolute Gasteiger partial charge is 0.277 e. The first kappa shape index (κ1) is 8.26. The number of rotatable bonds is 0. The molecule has 0 unspecified atom stereocenters. The molecule has 0 saturated carbocycles. The van der Waals surface area contributed by atoms with Gasteiger partial charge >= 0.3 is 0 Å². The zero-order chi connectivity index (χ0) is 9.59. The van der Waals surface area contributed by atoms with Gasteiger partial charge in [-0.15, -0.1) is 0 Å². The van der Waals surface area contributed by atoms with E-state index in [0.29, 0.717) is 16.1 Å². The minimum absolute atomic E-state index is 0.267. The molecular weight excluding hydrogens is 190 g/mol. The second kappa shape index (κ2) is 2.57. The van der Waals surface area contributed by atoms with Gasteiger partial charge in [-0.2, -0.15) is 0 Å². The lowest BCUT2D eigenvalue weighted by molar-refractivity contribution is 0.0693. The summed E-state index contributed by atoms with van der Waals surface area (Å²) in [6.45, 7) is 0. The molecule has 0 aromatic heterocycles. The fourth-order valence-corrected chi connectivity index (χ4v) is 1.51. The van der Waals surface area contributed by atoms with Crippen LogP contribution in [-0.2, 0) is 0 Å². The van der Waals surface area contributed by atoms with Crippen LogP contribution in [0.15, 0.2) is 18.2 Å². The highest BCUT2D eigenvalue weighted by molar-refractivity contribution is 6.32. The zero-order valence-electron chi connectivity index (χ0n) is 6.87. The number of amides is 2. The molecule has 0 radical (unpaired) electrons. The van der Waals surface area contributed by atoms with Crippen LogP contribution >= 0.6 is 11.6 Å². The first-order valence-electron chi connectivity index (χ1n) is 3.73. The van der Waals surface area contributed by atoms with E-state index in [-0.39, 0.29) is 11.8 Å². The highest BCUT2D eigenvalue weighted by Gasteiger charge is 2.32. The number of benzene rings is 1. The molecule has 1 heterocycles. The number of nitrogens with zero attached hydrogens (tertiary/aromatic N) is 1. The molecule has 1 aromatic rings. The molecule has 2 rings (SSSR count). The van der Waals surface area contributed by atoms with Crippen LogP contribution in [-0.4, -0.2) is 23.8 Å². The van der Waals surface area contributed by atoms with Crippen LogP contribution in [0.25, 0.3) is 0 Å². The maximum atomic E-state index is 11.4. The Morgan fingerprint density at radius 1 is 1.15 bits per heavy atom. The van der Waals surface area contributed by atoms with E-state index in [1.54, 1.807) is 12.1 Å². The lowest BCUT2D eigenvalue weighted by Crippen LogP contribution is -2.24. The van der Waals surface area contributed by atoms with Crippen LogP contribution < -0.4 is 0 Å². The van der Waals surface area contributed by atoms with Gasteiger partial charge in [-0.05, 0) is 18.2 Å². The highest BCUT2D eigenvalue weighted by Crippen LogP contribution is 2.24. The Bertz CT molecular complexity index is 414. The van der Waals surface area contributed by atoms with Gasteiger partial charge in [0.2, 0.25) is 0 Å². The topological polar surface area (TPSA) is 37.4 Å². The van der Waals surface area contributed by atoms with Crippen molar-refractivity contribution in [2.45, 2.75) is 0 Å². The molecule has 2 amide bonds. The summed E-state index contributed by atoms with van der Waals surface area (Å²) in [5.74, 6) is -0.556. The van der Waals surface area contributed by atoms with Crippen molar-refractivity contribution in [1.82, 2.24) is 4.90 Å². The molecule has 0 spiro atoms. The van der Waals surface area contributed by atoms with Gasteiger partial charge in [0.05, 0.1) is 11.1 Å². The Kier molecular flexibility index (Phi) is 1.63. The standard InChI is InChI=1S/C9H6ClNO2/c1-11-8(12)6-3-2-5(10)4-7(6)9(11)13/h2-4H,1H3. The van der Waals surface area contributed by atoms with E-state index in [1.165, 1.54) is 13.1 Å². The van der Waals surface area contributed by atoms with Gasteiger partial charge in [0.1, 0.15) is 0 Å². The Morgan fingerprint density at radius 2 is 1.77 bits per heavy atom. The molecule has 0 saturated heterocycles. The van der Waals surface area contributed by atoms with Crippen molar-refractivity contribution >= 4 is 23.4 Å². The number of imide groups is 1. The van der Waals surface area contributed by atoms with Gasteiger partial charge in [-0.1, -0.05) is 11.6 Å². The third-order valence-electron chi connectivity index (χ3n) is 2.05. The zero-order valence-corrected chi connectivity index (χ0v) is 7.63. The fourth-order valence-electron chi connectivity index (χ4n) is 1.33. The average Bonchev–Trinajstić information content (AvgIpc) is 2.32. The van der Waals surface area contributed by atoms with Crippen LogP contribution in [0.2, 0.25) is 5.02 Å². The van der Waals surface area contributed by atoms with E-state index in [2.05, 4.69) is 0 Å². The Hall–Kier alpha value is -1.35. The van der Waals surface area contributed by atoms with E-state index in [0.717, 1.165) is 4.90 Å². The first-order chi connectivity index (χ1) is 6.11. The quantitative estimate of drug-likeness (QED) is 0.590. The molecule has 0 bridgehead atoms. The van der Waals surface area contributed by atoms with Crippen LogP contribution in [0.1, 0.15) is 20.7 Å². The van der Waals surface area contributed by atoms with Crippen molar-refractivity contribution in [2.75, 3.05) is 7.05 Å². The van der Waals surface area contributed by atoms with Crippen molar-refractivity contribution in [2.24, 2.45) is 0 Å². The Labute approximate surface area is 79.9 Å². The normalized spacial score (nSPS) is 15.1. The lowest BCUT2D eigenvalue weighted by Gasteiger charge is -2.02. The third-order valence-corrected chi connectivity index (χ3v) is 2.29. The smallest absolute Gasteiger partial charge is 0.261 e. The third kappa shape index (κ3) is 1.04. The average molecular weight is 196 g/mol. The number of fused-ring (bicyclic) bond motifs is 1. The molecule has 1 aliphatic rings. The summed E-state index contributed by atoms with van der Waals surface area (Å²) in [5, 5.41) is 0.468. The van der Waals surface area contributed by atoms with Crippen molar-refractivity contribution in [3.05, 3.63) is 34.3 Å². The molecule has 1 aliphatic heterocycles. The molecule has 1 aromatic carbocycles. The molecule has 13 heavy (non-hydrogen) atoms. The molecule has 3 nitrogen and oxygen atoms in total. The van der Waals surface area contributed by atoms with Crippen LogP contribution in [0, 0.1) is 0 Å². The van der Waals surface area contributed by atoms with E-state index in [4.69, 9.17) is 11.6 Å². The first-order valence-corrected chi connectivity index (χ1v) is 4.11. The van der Waals surface area contributed by atoms with Gasteiger partial charge in [-0.25, -0.2) is 0 Å². The number of carbonyl (C=O) groups is 2. The monoisotopic (exact) mass is 195 g/mol. The number of halogens is 1. The molecule has 0 aliphatic carbocycles. The summed E-state index contributed by atoms with van der Waals surface area (Å²) < 4.78 is 0. The number of carbonyl (C=O) groups excluding carboxylic acids is 2. The molecule has 66 valence electrons. The van der Waals surface area contributed by atoms with E-state index < -0.39 is 0 Å². The van der Waals surface area contributed by atoms with E-state index in [9.17, 15) is 9.59 Å². The minimum Gasteiger partial charge on any atom is -0.277 e. The van der Waals surface area contributed by atoms with Gasteiger partial charge in [0.25, 0.3) is 11.8 Å². The predicted octanol–water partition coefficient (Wildman–Crippen LogP) is 1.57. The molecule has 0 fully saturated rings. The summed E-state index contributed by atoms with van der Waals surface area (Å²) in [6.07, 6.45) is 0. The van der Waals surface area contributed by atoms with Crippen molar-refractivity contribution < 1.29 is 9.59 Å². The molecule has 4 heteroatoms. The van der Waals surface area contributed by atoms with Crippen molar-refractivity contribution in [3.63, 3.8) is 0 Å². The minimum atomic E-state index is -0.289. The summed E-state index contributed by atoms with van der Waals surface area (Å²) >= 11 is 5.70. The van der Waals surface area contributed by atoms with E-state index >= 15 is 0 Å². The Morgan fingerprint density at radius 3 is 2.46 bits per heavy atom. The second-order valence-electron chi connectivity index (χ2n) is 2.86.